The summed E-state index contributed by atoms with van der Waals surface area (Å²) in [5, 5.41) is 3.63. The molecule has 1 rings (SSSR count). The molecule has 0 heterocycles. The van der Waals surface area contributed by atoms with Gasteiger partial charge in [-0.2, -0.15) is 0 Å². The second-order valence-electron chi connectivity index (χ2n) is 4.53. The minimum absolute atomic E-state index is 0.130. The zero-order chi connectivity index (χ0) is 13.8. The Balaban J connectivity index is 2.94. The van der Waals surface area contributed by atoms with Crippen molar-refractivity contribution in [2.45, 2.75) is 45.6 Å². The van der Waals surface area contributed by atoms with Crippen molar-refractivity contribution in [2.75, 3.05) is 5.73 Å². The molecule has 18 heavy (non-hydrogen) atoms. The maximum absolute atomic E-state index is 12.2. The molecule has 100 valence electrons. The van der Waals surface area contributed by atoms with Gasteiger partial charge in [-0.3, -0.25) is 4.79 Å². The molecule has 0 aliphatic heterocycles. The normalized spacial score (nSPS) is 11.3. The molecule has 1 aromatic rings. The lowest BCUT2D eigenvalue weighted by Gasteiger charge is -2.32. The minimum Gasteiger partial charge on any atom is -0.398 e. The minimum atomic E-state index is -0.150. The number of hydrogen-bond donors (Lipinski definition) is 2. The quantitative estimate of drug-likeness (QED) is 0.802. The lowest BCUT2D eigenvalue weighted by molar-refractivity contribution is 0.0889. The van der Waals surface area contributed by atoms with Gasteiger partial charge in [0.2, 0.25) is 0 Å². The van der Waals surface area contributed by atoms with Crippen molar-refractivity contribution in [1.82, 2.24) is 5.32 Å². The van der Waals surface area contributed by atoms with Gasteiger partial charge in [-0.05, 0) is 37.5 Å². The van der Waals surface area contributed by atoms with Crippen LogP contribution in [0.15, 0.2) is 18.2 Å². The summed E-state index contributed by atoms with van der Waals surface area (Å²) in [6.45, 7) is 6.25. The SMILES string of the molecule is CCC(CC)(CC)NC(=O)c1ccc(Cl)cc1N. The topological polar surface area (TPSA) is 55.1 Å². The van der Waals surface area contributed by atoms with Crippen LogP contribution in [-0.4, -0.2) is 11.4 Å². The third kappa shape index (κ3) is 3.16. The summed E-state index contributed by atoms with van der Waals surface area (Å²) >= 11 is 5.82. The van der Waals surface area contributed by atoms with Crippen molar-refractivity contribution < 1.29 is 4.79 Å². The molecule has 0 aromatic heterocycles. The Kier molecular flexibility index (Phi) is 5.03. The first-order valence-electron chi connectivity index (χ1n) is 6.35. The van der Waals surface area contributed by atoms with Gasteiger partial charge in [0, 0.05) is 16.2 Å². The lowest BCUT2D eigenvalue weighted by Crippen LogP contribution is -2.47. The summed E-state index contributed by atoms with van der Waals surface area (Å²) < 4.78 is 0. The molecule has 0 fully saturated rings. The van der Waals surface area contributed by atoms with E-state index in [1.165, 1.54) is 0 Å². The zero-order valence-corrected chi connectivity index (χ0v) is 12.0. The van der Waals surface area contributed by atoms with E-state index >= 15 is 0 Å². The van der Waals surface area contributed by atoms with E-state index in [-0.39, 0.29) is 11.4 Å². The first-order valence-corrected chi connectivity index (χ1v) is 6.73. The van der Waals surface area contributed by atoms with E-state index in [1.807, 2.05) is 0 Å². The molecule has 0 bridgehead atoms. The van der Waals surface area contributed by atoms with E-state index in [4.69, 9.17) is 17.3 Å². The summed E-state index contributed by atoms with van der Waals surface area (Å²) in [6.07, 6.45) is 2.71. The van der Waals surface area contributed by atoms with E-state index in [9.17, 15) is 4.79 Å². The van der Waals surface area contributed by atoms with Gasteiger partial charge in [-0.1, -0.05) is 32.4 Å². The van der Waals surface area contributed by atoms with Crippen molar-refractivity contribution in [3.05, 3.63) is 28.8 Å². The third-order valence-corrected chi connectivity index (χ3v) is 3.90. The molecule has 0 aliphatic carbocycles. The van der Waals surface area contributed by atoms with Crippen LogP contribution in [0, 0.1) is 0 Å². The van der Waals surface area contributed by atoms with E-state index < -0.39 is 0 Å². The average Bonchev–Trinajstić information content (AvgIpc) is 2.36. The van der Waals surface area contributed by atoms with Crippen molar-refractivity contribution in [2.24, 2.45) is 0 Å². The Morgan fingerprint density at radius 1 is 1.28 bits per heavy atom. The standard InChI is InChI=1S/C14H21ClN2O/c1-4-14(5-2,6-3)17-13(18)11-8-7-10(15)9-12(11)16/h7-9H,4-6,16H2,1-3H3,(H,17,18). The van der Waals surface area contributed by atoms with Crippen molar-refractivity contribution in [3.8, 4) is 0 Å². The summed E-state index contributed by atoms with van der Waals surface area (Å²) in [5.41, 5.74) is 6.57. The summed E-state index contributed by atoms with van der Waals surface area (Å²) in [5.74, 6) is -0.130. The van der Waals surface area contributed by atoms with E-state index in [2.05, 4.69) is 26.1 Å². The number of hydrogen-bond acceptors (Lipinski definition) is 2. The number of carbonyl (C=O) groups is 1. The van der Waals surface area contributed by atoms with Crippen LogP contribution < -0.4 is 11.1 Å². The third-order valence-electron chi connectivity index (χ3n) is 3.67. The van der Waals surface area contributed by atoms with Crippen LogP contribution in [0.5, 0.6) is 0 Å². The molecule has 4 heteroatoms. The highest BCUT2D eigenvalue weighted by molar-refractivity contribution is 6.31. The summed E-state index contributed by atoms with van der Waals surface area (Å²) in [4.78, 5) is 12.2. The number of nitrogen functional groups attached to an aromatic ring is 1. The van der Waals surface area contributed by atoms with Crippen molar-refractivity contribution >= 4 is 23.2 Å². The second kappa shape index (κ2) is 6.10. The fourth-order valence-electron chi connectivity index (χ4n) is 2.06. The molecule has 0 atom stereocenters. The lowest BCUT2D eigenvalue weighted by atomic mass is 9.89. The Morgan fingerprint density at radius 3 is 2.28 bits per heavy atom. The zero-order valence-electron chi connectivity index (χ0n) is 11.2. The highest BCUT2D eigenvalue weighted by Crippen LogP contribution is 2.22. The molecular weight excluding hydrogens is 248 g/mol. The smallest absolute Gasteiger partial charge is 0.253 e. The van der Waals surface area contributed by atoms with Crippen LogP contribution in [0.3, 0.4) is 0 Å². The molecule has 0 radical (unpaired) electrons. The van der Waals surface area contributed by atoms with Gasteiger partial charge >= 0.3 is 0 Å². The Morgan fingerprint density at radius 2 is 1.83 bits per heavy atom. The average molecular weight is 269 g/mol. The van der Waals surface area contributed by atoms with Gasteiger partial charge in [0.1, 0.15) is 0 Å². The first kappa shape index (κ1) is 14.8. The van der Waals surface area contributed by atoms with Crippen LogP contribution >= 0.6 is 11.6 Å². The number of halogens is 1. The van der Waals surface area contributed by atoms with Crippen LogP contribution in [0.2, 0.25) is 5.02 Å². The summed E-state index contributed by atoms with van der Waals surface area (Å²) in [7, 11) is 0. The van der Waals surface area contributed by atoms with Gasteiger partial charge in [-0.25, -0.2) is 0 Å². The van der Waals surface area contributed by atoms with Gasteiger partial charge in [0.25, 0.3) is 5.91 Å². The molecular formula is C14H21ClN2O. The molecule has 0 saturated carbocycles. The predicted octanol–water partition coefficient (Wildman–Crippen LogP) is 3.62. The second-order valence-corrected chi connectivity index (χ2v) is 4.96. The fourth-order valence-corrected chi connectivity index (χ4v) is 2.24. The van der Waals surface area contributed by atoms with Crippen LogP contribution in [-0.2, 0) is 0 Å². The van der Waals surface area contributed by atoms with E-state index in [1.54, 1.807) is 18.2 Å². The van der Waals surface area contributed by atoms with Crippen LogP contribution in [0.1, 0.15) is 50.4 Å². The molecule has 0 spiro atoms. The molecule has 1 aromatic carbocycles. The summed E-state index contributed by atoms with van der Waals surface area (Å²) in [6, 6.07) is 4.94. The van der Waals surface area contributed by atoms with E-state index in [0.29, 0.717) is 16.3 Å². The van der Waals surface area contributed by atoms with E-state index in [0.717, 1.165) is 19.3 Å². The van der Waals surface area contributed by atoms with Crippen molar-refractivity contribution in [1.29, 1.82) is 0 Å². The molecule has 3 N–H and O–H groups in total. The molecule has 1 amide bonds. The Labute approximate surface area is 114 Å². The number of anilines is 1. The molecule has 3 nitrogen and oxygen atoms in total. The monoisotopic (exact) mass is 268 g/mol. The number of nitrogens with two attached hydrogens (primary N) is 1. The molecule has 0 aliphatic rings. The number of carbonyl (C=O) groups excluding carboxylic acids is 1. The van der Waals surface area contributed by atoms with Gasteiger partial charge in [-0.15, -0.1) is 0 Å². The fraction of sp³-hybridized carbons (Fsp3) is 0.500. The maximum atomic E-state index is 12.2. The van der Waals surface area contributed by atoms with Gasteiger partial charge in [0.15, 0.2) is 0 Å². The number of amides is 1. The number of nitrogens with one attached hydrogen (secondary N) is 1. The highest BCUT2D eigenvalue weighted by Gasteiger charge is 2.26. The number of benzene rings is 1. The molecule has 0 saturated heterocycles. The number of rotatable bonds is 5. The van der Waals surface area contributed by atoms with Gasteiger partial charge < -0.3 is 11.1 Å². The first-order chi connectivity index (χ1) is 8.48. The highest BCUT2D eigenvalue weighted by atomic mass is 35.5. The van der Waals surface area contributed by atoms with Crippen molar-refractivity contribution in [3.63, 3.8) is 0 Å². The Bertz CT molecular complexity index is 420. The largest absolute Gasteiger partial charge is 0.398 e. The molecule has 0 unspecified atom stereocenters. The maximum Gasteiger partial charge on any atom is 0.253 e. The Hall–Kier alpha value is -1.22. The predicted molar refractivity (Wildman–Crippen MR) is 76.9 cm³/mol. The van der Waals surface area contributed by atoms with Crippen LogP contribution in [0.4, 0.5) is 5.69 Å². The van der Waals surface area contributed by atoms with Crippen LogP contribution in [0.25, 0.3) is 0 Å². The van der Waals surface area contributed by atoms with Gasteiger partial charge in [0.05, 0.1) is 5.56 Å².